The molecular weight excluding hydrogens is 164 g/mol. The Labute approximate surface area is 79.6 Å². The zero-order chi connectivity index (χ0) is 9.05. The predicted octanol–water partition coefficient (Wildman–Crippen LogP) is 2.33. The van der Waals surface area contributed by atoms with Crippen LogP contribution in [0.2, 0.25) is 0 Å². The molecule has 0 aromatic rings. The highest BCUT2D eigenvalue weighted by Crippen LogP contribution is 2.59. The highest BCUT2D eigenvalue weighted by atomic mass is 16.8. The number of hydrogen-bond acceptors (Lipinski definition) is 2. The van der Waals surface area contributed by atoms with E-state index >= 15 is 0 Å². The van der Waals surface area contributed by atoms with Crippen molar-refractivity contribution in [2.45, 2.75) is 57.5 Å². The molecule has 3 fully saturated rings. The van der Waals surface area contributed by atoms with E-state index in [-0.39, 0.29) is 5.79 Å². The van der Waals surface area contributed by atoms with Crippen LogP contribution in [0.25, 0.3) is 0 Å². The van der Waals surface area contributed by atoms with E-state index in [1.54, 1.807) is 0 Å². The lowest BCUT2D eigenvalue weighted by molar-refractivity contribution is -0.278. The Balaban J connectivity index is 1.78. The van der Waals surface area contributed by atoms with Gasteiger partial charge in [0.05, 0.1) is 12.2 Å². The highest BCUT2D eigenvalue weighted by Gasteiger charge is 2.61. The van der Waals surface area contributed by atoms with Crippen LogP contribution in [-0.4, -0.2) is 18.0 Å². The van der Waals surface area contributed by atoms with Crippen LogP contribution in [0.5, 0.6) is 0 Å². The van der Waals surface area contributed by atoms with Gasteiger partial charge in [0.1, 0.15) is 0 Å². The molecule has 74 valence electrons. The van der Waals surface area contributed by atoms with Crippen LogP contribution in [0, 0.1) is 11.8 Å². The molecule has 3 rings (SSSR count). The van der Waals surface area contributed by atoms with Gasteiger partial charge in [0.15, 0.2) is 5.79 Å². The number of ether oxygens (including phenoxy) is 2. The lowest BCUT2D eigenvalue weighted by Gasteiger charge is -2.48. The molecule has 2 nitrogen and oxygen atoms in total. The van der Waals surface area contributed by atoms with E-state index in [2.05, 4.69) is 13.8 Å². The van der Waals surface area contributed by atoms with Gasteiger partial charge in [-0.05, 0) is 32.6 Å². The third-order valence-corrected chi connectivity index (χ3v) is 4.20. The Morgan fingerprint density at radius 2 is 1.77 bits per heavy atom. The van der Waals surface area contributed by atoms with Gasteiger partial charge >= 0.3 is 0 Å². The summed E-state index contributed by atoms with van der Waals surface area (Å²) in [5.41, 5.74) is 0. The van der Waals surface area contributed by atoms with Gasteiger partial charge in [-0.15, -0.1) is 0 Å². The maximum atomic E-state index is 5.99. The Morgan fingerprint density at radius 1 is 1.08 bits per heavy atom. The second kappa shape index (κ2) is 2.48. The van der Waals surface area contributed by atoms with Gasteiger partial charge in [-0.2, -0.15) is 0 Å². The minimum absolute atomic E-state index is 0.139. The summed E-state index contributed by atoms with van der Waals surface area (Å²) in [5, 5.41) is 0. The van der Waals surface area contributed by atoms with Crippen LogP contribution in [0.1, 0.15) is 39.5 Å². The zero-order valence-electron chi connectivity index (χ0n) is 8.45. The first kappa shape index (κ1) is 8.25. The summed E-state index contributed by atoms with van der Waals surface area (Å²) in [6, 6.07) is 0. The quantitative estimate of drug-likeness (QED) is 0.572. The normalized spacial score (nSPS) is 52.2. The molecule has 4 atom stereocenters. The van der Waals surface area contributed by atoms with Crippen molar-refractivity contribution in [3.63, 3.8) is 0 Å². The van der Waals surface area contributed by atoms with E-state index in [0.717, 1.165) is 18.3 Å². The third kappa shape index (κ3) is 0.962. The lowest BCUT2D eigenvalue weighted by atomic mass is 9.70. The first-order chi connectivity index (χ1) is 6.21. The minimum atomic E-state index is -0.139. The fourth-order valence-corrected chi connectivity index (χ4v) is 3.34. The molecule has 3 aliphatic rings. The van der Waals surface area contributed by atoms with Gasteiger partial charge in [0.2, 0.25) is 0 Å². The number of hydrogen-bond donors (Lipinski definition) is 0. The Morgan fingerprint density at radius 3 is 2.38 bits per heavy atom. The van der Waals surface area contributed by atoms with Crippen molar-refractivity contribution < 1.29 is 9.47 Å². The second-order valence-corrected chi connectivity index (χ2v) is 4.96. The fourth-order valence-electron chi connectivity index (χ4n) is 3.34. The summed E-state index contributed by atoms with van der Waals surface area (Å²) in [4.78, 5) is 0. The van der Waals surface area contributed by atoms with Gasteiger partial charge < -0.3 is 9.47 Å². The summed E-state index contributed by atoms with van der Waals surface area (Å²) in [5.74, 6) is 1.50. The summed E-state index contributed by atoms with van der Waals surface area (Å²) >= 11 is 0. The second-order valence-electron chi connectivity index (χ2n) is 4.96. The van der Waals surface area contributed by atoms with Gasteiger partial charge in [-0.1, -0.05) is 6.42 Å². The monoisotopic (exact) mass is 182 g/mol. The molecule has 2 aliphatic carbocycles. The SMILES string of the molecule is C[C@H]1OC2(C[C@H]3CCC[C@H]32)O[C@@H]1C. The van der Waals surface area contributed by atoms with Gasteiger partial charge in [-0.3, -0.25) is 0 Å². The average Bonchev–Trinajstić information content (AvgIpc) is 2.56. The Hall–Kier alpha value is -0.0800. The van der Waals surface area contributed by atoms with Crippen LogP contribution in [-0.2, 0) is 9.47 Å². The molecule has 2 heteroatoms. The van der Waals surface area contributed by atoms with E-state index in [9.17, 15) is 0 Å². The highest BCUT2D eigenvalue weighted by molar-refractivity contribution is 5.04. The maximum Gasteiger partial charge on any atom is 0.172 e. The molecule has 0 amide bonds. The van der Waals surface area contributed by atoms with Crippen molar-refractivity contribution in [2.75, 3.05) is 0 Å². The Kier molecular flexibility index (Phi) is 1.58. The van der Waals surface area contributed by atoms with Crippen molar-refractivity contribution in [2.24, 2.45) is 11.8 Å². The van der Waals surface area contributed by atoms with Crippen molar-refractivity contribution >= 4 is 0 Å². The minimum Gasteiger partial charge on any atom is -0.344 e. The predicted molar refractivity (Wildman–Crippen MR) is 49.3 cm³/mol. The first-order valence-electron chi connectivity index (χ1n) is 5.57. The molecule has 13 heavy (non-hydrogen) atoms. The smallest absolute Gasteiger partial charge is 0.172 e. The van der Waals surface area contributed by atoms with E-state index in [4.69, 9.17) is 9.47 Å². The molecule has 0 N–H and O–H groups in total. The molecule has 0 aromatic heterocycles. The Bertz CT molecular complexity index is 216. The van der Waals surface area contributed by atoms with Crippen molar-refractivity contribution in [3.05, 3.63) is 0 Å². The van der Waals surface area contributed by atoms with Crippen molar-refractivity contribution in [3.8, 4) is 0 Å². The van der Waals surface area contributed by atoms with Crippen molar-refractivity contribution in [1.82, 2.24) is 0 Å². The van der Waals surface area contributed by atoms with Crippen LogP contribution in [0.15, 0.2) is 0 Å². The van der Waals surface area contributed by atoms with Crippen molar-refractivity contribution in [1.29, 1.82) is 0 Å². The molecular formula is C11H18O2. The van der Waals surface area contributed by atoms with E-state index in [1.807, 2.05) is 0 Å². The van der Waals surface area contributed by atoms with Gasteiger partial charge in [-0.25, -0.2) is 0 Å². The molecule has 0 aromatic carbocycles. The summed E-state index contributed by atoms with van der Waals surface area (Å²) < 4.78 is 12.0. The molecule has 2 saturated carbocycles. The first-order valence-corrected chi connectivity index (χ1v) is 5.57. The third-order valence-electron chi connectivity index (χ3n) is 4.20. The van der Waals surface area contributed by atoms with E-state index in [1.165, 1.54) is 19.3 Å². The summed E-state index contributed by atoms with van der Waals surface area (Å²) in [7, 11) is 0. The molecule has 1 saturated heterocycles. The topological polar surface area (TPSA) is 18.5 Å². The zero-order valence-corrected chi connectivity index (χ0v) is 8.45. The standard InChI is InChI=1S/C11H18O2/c1-7-8(2)13-11(12-7)6-9-4-3-5-10(9)11/h7-10H,3-6H2,1-2H3/t7-,8-,9-,10-/m1/s1. The number of rotatable bonds is 0. The van der Waals surface area contributed by atoms with Crippen LogP contribution < -0.4 is 0 Å². The largest absolute Gasteiger partial charge is 0.344 e. The van der Waals surface area contributed by atoms with Crippen LogP contribution in [0.3, 0.4) is 0 Å². The van der Waals surface area contributed by atoms with Crippen LogP contribution >= 0.6 is 0 Å². The van der Waals surface area contributed by atoms with Gasteiger partial charge in [0.25, 0.3) is 0 Å². The molecule has 1 heterocycles. The van der Waals surface area contributed by atoms with Gasteiger partial charge in [0, 0.05) is 12.3 Å². The summed E-state index contributed by atoms with van der Waals surface area (Å²) in [6.07, 6.45) is 5.85. The average molecular weight is 182 g/mol. The van der Waals surface area contributed by atoms with E-state index in [0.29, 0.717) is 12.2 Å². The molecule has 1 spiro atoms. The molecule has 0 radical (unpaired) electrons. The van der Waals surface area contributed by atoms with Crippen LogP contribution in [0.4, 0.5) is 0 Å². The lowest BCUT2D eigenvalue weighted by Crippen LogP contribution is -2.52. The summed E-state index contributed by atoms with van der Waals surface area (Å²) in [6.45, 7) is 4.25. The molecule has 0 unspecified atom stereocenters. The molecule has 0 bridgehead atoms. The maximum absolute atomic E-state index is 5.99. The fraction of sp³-hybridized carbons (Fsp3) is 1.00. The molecule has 1 aliphatic heterocycles. The van der Waals surface area contributed by atoms with E-state index < -0.39 is 0 Å². The number of fused-ring (bicyclic) bond motifs is 2.